The second kappa shape index (κ2) is 9.69. The van der Waals surface area contributed by atoms with Crippen LogP contribution < -0.4 is 0 Å². The van der Waals surface area contributed by atoms with Gasteiger partial charge >= 0.3 is 11.9 Å². The van der Waals surface area contributed by atoms with Crippen molar-refractivity contribution in [2.45, 2.75) is 103 Å². The van der Waals surface area contributed by atoms with Gasteiger partial charge < -0.3 is 9.47 Å². The number of allylic oxidation sites excluding steroid dienone is 3. The van der Waals surface area contributed by atoms with E-state index in [1.807, 2.05) is 13.8 Å². The van der Waals surface area contributed by atoms with Crippen LogP contribution >= 0.6 is 0 Å². The van der Waals surface area contributed by atoms with Crippen LogP contribution in [0.1, 0.15) is 91.4 Å². The number of ether oxygens (including phenoxy) is 2. The Balaban J connectivity index is 1.57. The summed E-state index contributed by atoms with van der Waals surface area (Å²) >= 11 is 0. The third-order valence-electron chi connectivity index (χ3n) is 9.14. The normalized spacial score (nSPS) is 38.8. The highest BCUT2D eigenvalue weighted by Crippen LogP contribution is 2.66. The third kappa shape index (κ3) is 4.07. The van der Waals surface area contributed by atoms with Gasteiger partial charge in [-0.15, -0.1) is 6.42 Å². The number of hydrogen-bond acceptors (Lipinski definition) is 4. The molecular formula is C29H40O4. The number of esters is 2. The molecule has 0 aliphatic heterocycles. The molecule has 0 amide bonds. The maximum atomic E-state index is 12.5. The van der Waals surface area contributed by atoms with Crippen LogP contribution in [-0.2, 0) is 19.1 Å². The van der Waals surface area contributed by atoms with Gasteiger partial charge in [-0.1, -0.05) is 38.8 Å². The van der Waals surface area contributed by atoms with Crippen molar-refractivity contribution in [2.75, 3.05) is 0 Å². The van der Waals surface area contributed by atoms with Crippen LogP contribution in [0.15, 0.2) is 23.8 Å². The molecule has 0 bridgehead atoms. The van der Waals surface area contributed by atoms with Gasteiger partial charge in [0, 0.05) is 18.3 Å². The smallest absolute Gasteiger partial charge is 0.307 e. The highest BCUT2D eigenvalue weighted by molar-refractivity contribution is 5.70. The predicted molar refractivity (Wildman–Crippen MR) is 129 cm³/mol. The summed E-state index contributed by atoms with van der Waals surface area (Å²) in [5.41, 5.74) is 0.445. The lowest BCUT2D eigenvalue weighted by molar-refractivity contribution is -0.171. The summed E-state index contributed by atoms with van der Waals surface area (Å²) in [4.78, 5) is 24.5. The van der Waals surface area contributed by atoms with Crippen LogP contribution in [0, 0.1) is 41.4 Å². The van der Waals surface area contributed by atoms with Gasteiger partial charge in [0.15, 0.2) is 5.60 Å². The fraction of sp³-hybridized carbons (Fsp3) is 0.724. The summed E-state index contributed by atoms with van der Waals surface area (Å²) < 4.78 is 11.8. The zero-order valence-corrected chi connectivity index (χ0v) is 20.6. The van der Waals surface area contributed by atoms with Gasteiger partial charge in [0.05, 0.1) is 0 Å². The number of carbonyl (C=O) groups excluding carboxylic acids is 2. The molecule has 5 unspecified atom stereocenters. The van der Waals surface area contributed by atoms with E-state index >= 15 is 0 Å². The second-order valence-corrected chi connectivity index (χ2v) is 10.6. The molecule has 0 heterocycles. The molecular weight excluding hydrogens is 412 g/mol. The minimum absolute atomic E-state index is 0.0879. The van der Waals surface area contributed by atoms with Gasteiger partial charge in [0.25, 0.3) is 0 Å². The van der Waals surface area contributed by atoms with Gasteiger partial charge in [-0.25, -0.2) is 0 Å². The van der Waals surface area contributed by atoms with E-state index in [1.165, 1.54) is 5.57 Å². The number of hydrogen-bond donors (Lipinski definition) is 0. The molecule has 0 radical (unpaired) electrons. The fourth-order valence-electron chi connectivity index (χ4n) is 7.68. The molecule has 2 saturated carbocycles. The Morgan fingerprint density at radius 2 is 1.82 bits per heavy atom. The Labute approximate surface area is 199 Å². The number of carbonyl (C=O) groups is 2. The van der Waals surface area contributed by atoms with Crippen molar-refractivity contribution in [1.29, 1.82) is 0 Å². The van der Waals surface area contributed by atoms with Gasteiger partial charge in [-0.3, -0.25) is 9.59 Å². The van der Waals surface area contributed by atoms with Crippen molar-refractivity contribution >= 4 is 11.9 Å². The Hall–Kier alpha value is -2.02. The van der Waals surface area contributed by atoms with Crippen LogP contribution in [0.4, 0.5) is 0 Å². The summed E-state index contributed by atoms with van der Waals surface area (Å²) in [5, 5.41) is 0. The highest BCUT2D eigenvalue weighted by atomic mass is 16.6. The van der Waals surface area contributed by atoms with E-state index in [2.05, 4.69) is 31.1 Å². The third-order valence-corrected chi connectivity index (χ3v) is 9.14. The molecule has 7 atom stereocenters. The first-order valence-corrected chi connectivity index (χ1v) is 13.2. The van der Waals surface area contributed by atoms with Crippen molar-refractivity contribution in [3.05, 3.63) is 23.8 Å². The SMILES string of the molecule is C#C[C@]1(OC(=O)CCC)CCC2C3C=CC4=CC(OC(=O)CCC)CCC4C3CC[C@@]21CC. The van der Waals surface area contributed by atoms with E-state index in [9.17, 15) is 9.59 Å². The minimum atomic E-state index is -0.765. The van der Waals surface area contributed by atoms with Crippen LogP contribution in [0.5, 0.6) is 0 Å². The summed E-state index contributed by atoms with van der Waals surface area (Å²) in [7, 11) is 0. The quantitative estimate of drug-likeness (QED) is 0.343. The number of fused-ring (bicyclic) bond motifs is 5. The zero-order chi connectivity index (χ0) is 23.6. The van der Waals surface area contributed by atoms with Gasteiger partial charge in [0.2, 0.25) is 0 Å². The molecule has 4 aliphatic rings. The molecule has 2 fully saturated rings. The summed E-state index contributed by atoms with van der Waals surface area (Å²) in [6.45, 7) is 6.23. The van der Waals surface area contributed by atoms with Crippen LogP contribution in [-0.4, -0.2) is 23.6 Å². The maximum Gasteiger partial charge on any atom is 0.307 e. The maximum absolute atomic E-state index is 12.5. The minimum Gasteiger partial charge on any atom is -0.458 e. The van der Waals surface area contributed by atoms with E-state index in [-0.39, 0.29) is 23.5 Å². The lowest BCUT2D eigenvalue weighted by Crippen LogP contribution is -2.54. The van der Waals surface area contributed by atoms with Crippen molar-refractivity contribution < 1.29 is 19.1 Å². The van der Waals surface area contributed by atoms with Gasteiger partial charge in [-0.05, 0) is 93.1 Å². The molecule has 0 aromatic heterocycles. The number of rotatable bonds is 7. The van der Waals surface area contributed by atoms with Crippen molar-refractivity contribution in [3.63, 3.8) is 0 Å². The van der Waals surface area contributed by atoms with E-state index < -0.39 is 5.60 Å². The molecule has 0 aromatic rings. The Kier molecular flexibility index (Phi) is 7.08. The molecule has 4 heteroatoms. The van der Waals surface area contributed by atoms with E-state index in [4.69, 9.17) is 15.9 Å². The van der Waals surface area contributed by atoms with Gasteiger partial charge in [0.1, 0.15) is 6.10 Å². The van der Waals surface area contributed by atoms with Gasteiger partial charge in [-0.2, -0.15) is 0 Å². The van der Waals surface area contributed by atoms with Crippen LogP contribution in [0.2, 0.25) is 0 Å². The van der Waals surface area contributed by atoms with E-state index in [0.29, 0.717) is 36.5 Å². The molecule has 33 heavy (non-hydrogen) atoms. The lowest BCUT2D eigenvalue weighted by atomic mass is 9.51. The van der Waals surface area contributed by atoms with Crippen molar-refractivity contribution in [3.8, 4) is 12.3 Å². The van der Waals surface area contributed by atoms with Crippen molar-refractivity contribution in [2.24, 2.45) is 29.1 Å². The van der Waals surface area contributed by atoms with Crippen LogP contribution in [0.3, 0.4) is 0 Å². The first-order valence-electron chi connectivity index (χ1n) is 13.2. The molecule has 0 spiro atoms. The summed E-state index contributed by atoms with van der Waals surface area (Å²) in [6, 6.07) is 0. The van der Waals surface area contributed by atoms with E-state index in [0.717, 1.165) is 57.8 Å². The lowest BCUT2D eigenvalue weighted by Gasteiger charge is -2.55. The standard InChI is InChI=1S/C29H40O4/c1-5-9-26(30)32-21-12-14-22-20(19-21)11-13-24-23(22)15-17-28(7-3)25(24)16-18-29(28,8-4)33-27(31)10-6-2/h4,11,13,19,21-25H,5-7,9-10,12,14-18H2,1-3H3/t21?,22?,23?,24?,25?,28-,29-/m0/s1. The largest absolute Gasteiger partial charge is 0.458 e. The molecule has 180 valence electrons. The first-order chi connectivity index (χ1) is 15.9. The molecule has 0 aromatic carbocycles. The van der Waals surface area contributed by atoms with E-state index in [1.54, 1.807) is 0 Å². The molecule has 4 nitrogen and oxygen atoms in total. The molecule has 0 saturated heterocycles. The number of terminal acetylenes is 1. The van der Waals surface area contributed by atoms with Crippen molar-refractivity contribution in [1.82, 2.24) is 0 Å². The monoisotopic (exact) mass is 452 g/mol. The average Bonchev–Trinajstić information content (AvgIpc) is 3.13. The summed E-state index contributed by atoms with van der Waals surface area (Å²) in [6.07, 6.45) is 22.3. The van der Waals surface area contributed by atoms with Crippen LogP contribution in [0.25, 0.3) is 0 Å². The molecule has 0 N–H and O–H groups in total. The summed E-state index contributed by atoms with van der Waals surface area (Å²) in [5.74, 6) is 4.83. The second-order valence-electron chi connectivity index (χ2n) is 10.6. The molecule has 4 aliphatic carbocycles. The highest BCUT2D eigenvalue weighted by Gasteiger charge is 2.65. The topological polar surface area (TPSA) is 52.6 Å². The average molecular weight is 453 g/mol. The predicted octanol–water partition coefficient (Wildman–Crippen LogP) is 6.15. The Morgan fingerprint density at radius 3 is 2.52 bits per heavy atom. The zero-order valence-electron chi connectivity index (χ0n) is 20.6. The molecule has 4 rings (SSSR count). The Bertz CT molecular complexity index is 863. The Morgan fingerprint density at radius 1 is 1.06 bits per heavy atom. The fourth-order valence-corrected chi connectivity index (χ4v) is 7.68. The first kappa shape index (κ1) is 24.1.